The van der Waals surface area contributed by atoms with Crippen LogP contribution in [0.15, 0.2) is 10.7 Å². The molecule has 0 aliphatic rings. The van der Waals surface area contributed by atoms with E-state index in [0.717, 1.165) is 5.76 Å². The normalized spacial score (nSPS) is 7.57. The van der Waals surface area contributed by atoms with Crippen molar-refractivity contribution in [3.8, 4) is 0 Å². The van der Waals surface area contributed by atoms with E-state index in [4.69, 9.17) is 0 Å². The number of aromatic nitrogens is 1. The van der Waals surface area contributed by atoms with Gasteiger partial charge in [0.25, 0.3) is 0 Å². The Kier molecular flexibility index (Phi) is 3.48. The Bertz CT molecular complexity index is 115. The van der Waals surface area contributed by atoms with Gasteiger partial charge in [0.05, 0.1) is 0 Å². The van der Waals surface area contributed by atoms with Gasteiger partial charge in [-0.05, 0) is 12.7 Å². The minimum absolute atomic E-state index is 0. The van der Waals surface area contributed by atoms with Gasteiger partial charge >= 0.3 is 0 Å². The van der Waals surface area contributed by atoms with Gasteiger partial charge in [0.15, 0.2) is 0 Å². The first-order valence-corrected chi connectivity index (χ1v) is 1.68. The molecule has 1 heterocycles. The van der Waals surface area contributed by atoms with Crippen LogP contribution in [-0.4, -0.2) is 5.16 Å². The predicted octanol–water partition coefficient (Wildman–Crippen LogP) is 0.781. The number of hydrogen-bond donors (Lipinski definition) is 0. The third-order valence-corrected chi connectivity index (χ3v) is 0.510. The summed E-state index contributed by atoms with van der Waals surface area (Å²) in [6, 6.07) is 2.72. The molecule has 0 spiro atoms. The third kappa shape index (κ3) is 2.20. The first kappa shape index (κ1) is 7.31. The van der Waals surface area contributed by atoms with Gasteiger partial charge in [-0.2, -0.15) is 0 Å². The zero-order chi connectivity index (χ0) is 4.41. The van der Waals surface area contributed by atoms with Crippen LogP contribution in [0.5, 0.6) is 0 Å². The van der Waals surface area contributed by atoms with Crippen LogP contribution in [-0.2, 0) is 32.7 Å². The van der Waals surface area contributed by atoms with Crippen molar-refractivity contribution in [2.45, 2.75) is 6.92 Å². The monoisotopic (exact) mass is 171 g/mol. The van der Waals surface area contributed by atoms with Crippen LogP contribution in [0.1, 0.15) is 5.76 Å². The van der Waals surface area contributed by atoms with Gasteiger partial charge in [-0.15, -0.1) is 11.4 Å². The first-order chi connectivity index (χ1) is 2.89. The second-order valence-electron chi connectivity index (χ2n) is 1.03. The zero-order valence-electron chi connectivity index (χ0n) is 4.01. The molecule has 2 nitrogen and oxygen atoms in total. The molecule has 0 aromatic carbocycles. The first-order valence-electron chi connectivity index (χ1n) is 1.68. The maximum Gasteiger partial charge on any atom is 0 e. The van der Waals surface area contributed by atoms with Crippen LogP contribution in [0.2, 0.25) is 0 Å². The number of hydrogen-bond acceptors (Lipinski definition) is 2. The molecule has 1 rings (SSSR count). The number of aryl methyl sites for hydroxylation is 1. The molecule has 3 heteroatoms. The fourth-order valence-corrected chi connectivity index (χ4v) is 0.249. The molecular weight excluding hydrogens is 167 g/mol. The summed E-state index contributed by atoms with van der Waals surface area (Å²) in [5, 5.41) is 3.39. The summed E-state index contributed by atoms with van der Waals surface area (Å²) in [6.07, 6.45) is 1.50. The average Bonchev–Trinajstić information content (AvgIpc) is 1.86. The zero-order valence-corrected chi connectivity index (χ0v) is 6.85. The van der Waals surface area contributed by atoms with Gasteiger partial charge in [-0.3, -0.25) is 0 Å². The van der Waals surface area contributed by atoms with E-state index in [9.17, 15) is 0 Å². The molecule has 0 bridgehead atoms. The van der Waals surface area contributed by atoms with Crippen molar-refractivity contribution < 1.29 is 37.2 Å². The molecule has 0 fully saturated rings. The van der Waals surface area contributed by atoms with E-state index in [2.05, 4.69) is 15.7 Å². The third-order valence-electron chi connectivity index (χ3n) is 0.510. The van der Waals surface area contributed by atoms with E-state index in [-0.39, 0.29) is 32.7 Å². The number of nitrogens with zero attached hydrogens (tertiary/aromatic N) is 1. The van der Waals surface area contributed by atoms with Gasteiger partial charge in [0, 0.05) is 32.7 Å². The molecule has 0 saturated carbocycles. The Morgan fingerprint density at radius 2 is 2.57 bits per heavy atom. The number of rotatable bonds is 0. The molecule has 0 N–H and O–H groups in total. The van der Waals surface area contributed by atoms with Gasteiger partial charge < -0.3 is 10.6 Å². The van der Waals surface area contributed by atoms with Gasteiger partial charge in [0.1, 0.15) is 0 Å². The maximum atomic E-state index is 4.53. The minimum Gasteiger partial charge on any atom is -0.406 e. The smallest absolute Gasteiger partial charge is 0 e. The summed E-state index contributed by atoms with van der Waals surface area (Å²) < 4.78 is 4.53. The Morgan fingerprint density at radius 1 is 1.86 bits per heavy atom. The Balaban J connectivity index is 0.000000360. The summed E-state index contributed by atoms with van der Waals surface area (Å²) in [6.45, 7) is 1.80. The molecule has 1 aromatic rings. The van der Waals surface area contributed by atoms with Gasteiger partial charge in [0.2, 0.25) is 0 Å². The molecule has 0 amide bonds. The molecule has 7 heavy (non-hydrogen) atoms. The summed E-state index contributed by atoms with van der Waals surface area (Å²) in [5.41, 5.74) is 0. The quantitative estimate of drug-likeness (QED) is 0.539. The summed E-state index contributed by atoms with van der Waals surface area (Å²) in [7, 11) is 0. The van der Waals surface area contributed by atoms with Crippen LogP contribution in [0.25, 0.3) is 0 Å². The molecule has 0 saturated heterocycles. The maximum absolute atomic E-state index is 4.53. The SMILES string of the molecule is Cc1[c-]cno1.[Y]. The standard InChI is InChI=1S/C4H4NO.Y/c1-4-2-3-5-6-4;/h3H,1H3;/q-1;. The molecular formula is C4H4NOY-. The molecule has 1 aromatic heterocycles. The van der Waals surface area contributed by atoms with E-state index >= 15 is 0 Å². The van der Waals surface area contributed by atoms with Crippen LogP contribution in [0.4, 0.5) is 0 Å². The second-order valence-corrected chi connectivity index (χ2v) is 1.03. The second kappa shape index (κ2) is 3.33. The molecule has 35 valence electrons. The molecule has 0 aliphatic heterocycles. The fourth-order valence-electron chi connectivity index (χ4n) is 0.249. The van der Waals surface area contributed by atoms with Crippen molar-refractivity contribution in [3.05, 3.63) is 18.0 Å². The van der Waals surface area contributed by atoms with Crippen LogP contribution in [0, 0.1) is 13.0 Å². The van der Waals surface area contributed by atoms with Crippen molar-refractivity contribution >= 4 is 0 Å². The predicted molar refractivity (Wildman–Crippen MR) is 20.1 cm³/mol. The van der Waals surface area contributed by atoms with Crippen LogP contribution < -0.4 is 0 Å². The Morgan fingerprint density at radius 3 is 2.71 bits per heavy atom. The van der Waals surface area contributed by atoms with E-state index in [1.165, 1.54) is 6.20 Å². The van der Waals surface area contributed by atoms with Gasteiger partial charge in [-0.1, -0.05) is 0 Å². The van der Waals surface area contributed by atoms with Crippen molar-refractivity contribution in [2.24, 2.45) is 0 Å². The summed E-state index contributed by atoms with van der Waals surface area (Å²) >= 11 is 0. The van der Waals surface area contributed by atoms with Crippen molar-refractivity contribution in [3.63, 3.8) is 0 Å². The Labute approximate surface area is 67.1 Å². The van der Waals surface area contributed by atoms with E-state index in [1.54, 1.807) is 6.92 Å². The summed E-state index contributed by atoms with van der Waals surface area (Å²) in [5.74, 6) is 0.731. The van der Waals surface area contributed by atoms with Crippen molar-refractivity contribution in [1.29, 1.82) is 0 Å². The minimum atomic E-state index is 0. The molecule has 0 atom stereocenters. The average molecular weight is 171 g/mol. The van der Waals surface area contributed by atoms with Crippen LogP contribution in [0.3, 0.4) is 0 Å². The van der Waals surface area contributed by atoms with Crippen molar-refractivity contribution in [1.82, 2.24) is 5.16 Å². The molecule has 0 aliphatic carbocycles. The molecule has 0 unspecified atom stereocenters. The fraction of sp³-hybridized carbons (Fsp3) is 0.250. The van der Waals surface area contributed by atoms with E-state index in [0.29, 0.717) is 0 Å². The van der Waals surface area contributed by atoms with Gasteiger partial charge in [-0.25, -0.2) is 0 Å². The topological polar surface area (TPSA) is 26.0 Å². The van der Waals surface area contributed by atoms with E-state index in [1.807, 2.05) is 0 Å². The Hall–Kier alpha value is 0.314. The van der Waals surface area contributed by atoms with Crippen molar-refractivity contribution in [2.75, 3.05) is 0 Å². The molecule has 1 radical (unpaired) electrons. The van der Waals surface area contributed by atoms with E-state index < -0.39 is 0 Å². The largest absolute Gasteiger partial charge is 0.406 e. The summed E-state index contributed by atoms with van der Waals surface area (Å²) in [4.78, 5) is 0. The van der Waals surface area contributed by atoms with Crippen LogP contribution >= 0.6 is 0 Å².